The molecule has 0 radical (unpaired) electrons. The number of nitro groups is 1. The summed E-state index contributed by atoms with van der Waals surface area (Å²) in [4.78, 5) is 21.9. The minimum Gasteiger partial charge on any atom is -0.481 e. The van der Waals surface area contributed by atoms with E-state index < -0.39 is 16.3 Å². The van der Waals surface area contributed by atoms with E-state index in [2.05, 4.69) is 21.2 Å². The summed E-state index contributed by atoms with van der Waals surface area (Å²) in [6, 6.07) is 4.59. The molecule has 1 fully saturated rings. The Morgan fingerprint density at radius 1 is 1.45 bits per heavy atom. The number of nitrogens with zero attached hydrogens (tertiary/aromatic N) is 1. The summed E-state index contributed by atoms with van der Waals surface area (Å²) in [6.07, 6.45) is 2.98. The van der Waals surface area contributed by atoms with E-state index in [0.717, 1.165) is 12.8 Å². The van der Waals surface area contributed by atoms with Crippen LogP contribution in [0.15, 0.2) is 22.7 Å². The summed E-state index contributed by atoms with van der Waals surface area (Å²) >= 11 is 3.26. The van der Waals surface area contributed by atoms with Crippen LogP contribution < -0.4 is 5.32 Å². The maximum Gasteiger partial charge on any atom is 0.311 e. The van der Waals surface area contributed by atoms with Gasteiger partial charge in [-0.15, -0.1) is 0 Å². The minimum absolute atomic E-state index is 0.0493. The molecule has 0 bridgehead atoms. The van der Waals surface area contributed by atoms with Crippen LogP contribution in [0.4, 0.5) is 11.4 Å². The Morgan fingerprint density at radius 2 is 2.10 bits per heavy atom. The van der Waals surface area contributed by atoms with Crippen molar-refractivity contribution in [3.63, 3.8) is 0 Å². The van der Waals surface area contributed by atoms with Gasteiger partial charge in [0.1, 0.15) is 5.69 Å². The van der Waals surface area contributed by atoms with Crippen LogP contribution in [0.3, 0.4) is 0 Å². The van der Waals surface area contributed by atoms with Crippen molar-refractivity contribution in [1.29, 1.82) is 0 Å². The molecular formula is C13H15BrN2O4. The molecule has 0 spiro atoms. The van der Waals surface area contributed by atoms with Crippen LogP contribution in [0.5, 0.6) is 0 Å². The van der Waals surface area contributed by atoms with Crippen LogP contribution in [0.25, 0.3) is 0 Å². The smallest absolute Gasteiger partial charge is 0.311 e. The minimum atomic E-state index is -0.833. The number of nitrogens with one attached hydrogen (secondary N) is 1. The largest absolute Gasteiger partial charge is 0.481 e. The van der Waals surface area contributed by atoms with E-state index in [9.17, 15) is 20.0 Å². The lowest BCUT2D eigenvalue weighted by atomic mass is 9.86. The molecule has 7 heteroatoms. The highest BCUT2D eigenvalue weighted by atomic mass is 79.9. The molecule has 0 saturated heterocycles. The van der Waals surface area contributed by atoms with Crippen molar-refractivity contribution >= 4 is 33.3 Å². The first-order valence-corrected chi connectivity index (χ1v) is 7.15. The van der Waals surface area contributed by atoms with Gasteiger partial charge < -0.3 is 10.4 Å². The standard InChI is InChI=1S/C13H15BrN2O4/c14-9-3-4-11(16(19)20)10(7-9)15-8-13(12(17)18)5-1-2-6-13/h3-4,7,15H,1-2,5-6,8H2,(H,17,18). The van der Waals surface area contributed by atoms with E-state index in [0.29, 0.717) is 23.0 Å². The van der Waals surface area contributed by atoms with Gasteiger partial charge in [-0.05, 0) is 25.0 Å². The summed E-state index contributed by atoms with van der Waals surface area (Å²) in [5, 5.41) is 23.3. The van der Waals surface area contributed by atoms with E-state index in [1.165, 1.54) is 6.07 Å². The maximum absolute atomic E-state index is 11.4. The molecular weight excluding hydrogens is 328 g/mol. The summed E-state index contributed by atoms with van der Waals surface area (Å²) in [5.74, 6) is -0.833. The number of anilines is 1. The van der Waals surface area contributed by atoms with Crippen molar-refractivity contribution in [3.05, 3.63) is 32.8 Å². The van der Waals surface area contributed by atoms with Gasteiger partial charge in [0.2, 0.25) is 0 Å². The van der Waals surface area contributed by atoms with Gasteiger partial charge in [0.15, 0.2) is 0 Å². The molecule has 108 valence electrons. The Hall–Kier alpha value is -1.63. The third kappa shape index (κ3) is 2.92. The lowest BCUT2D eigenvalue weighted by Crippen LogP contribution is -2.35. The van der Waals surface area contributed by atoms with Crippen LogP contribution in [0.1, 0.15) is 25.7 Å². The van der Waals surface area contributed by atoms with Gasteiger partial charge in [0, 0.05) is 17.1 Å². The van der Waals surface area contributed by atoms with Gasteiger partial charge in [-0.2, -0.15) is 0 Å². The fourth-order valence-corrected chi connectivity index (χ4v) is 2.95. The summed E-state index contributed by atoms with van der Waals surface area (Å²) in [6.45, 7) is 0.208. The zero-order chi connectivity index (χ0) is 14.8. The number of rotatable bonds is 5. The molecule has 0 unspecified atom stereocenters. The molecule has 2 N–H and O–H groups in total. The number of halogens is 1. The first-order valence-electron chi connectivity index (χ1n) is 6.36. The second-order valence-corrected chi connectivity index (χ2v) is 5.98. The second-order valence-electron chi connectivity index (χ2n) is 5.06. The molecule has 0 aliphatic heterocycles. The van der Waals surface area contributed by atoms with Crippen molar-refractivity contribution < 1.29 is 14.8 Å². The predicted molar refractivity (Wildman–Crippen MR) is 77.8 cm³/mol. The normalized spacial score (nSPS) is 16.9. The average Bonchev–Trinajstić information content (AvgIpc) is 2.86. The molecule has 6 nitrogen and oxygen atoms in total. The highest BCUT2D eigenvalue weighted by Crippen LogP contribution is 2.39. The molecule has 1 aliphatic carbocycles. The van der Waals surface area contributed by atoms with Crippen molar-refractivity contribution in [2.24, 2.45) is 5.41 Å². The third-order valence-corrected chi connectivity index (χ3v) is 4.28. The maximum atomic E-state index is 11.4. The van der Waals surface area contributed by atoms with Gasteiger partial charge in [0.25, 0.3) is 5.69 Å². The molecule has 1 aromatic rings. The number of nitro benzene ring substituents is 1. The molecule has 0 heterocycles. The number of carboxylic acids is 1. The summed E-state index contributed by atoms with van der Waals surface area (Å²) in [7, 11) is 0. The van der Waals surface area contributed by atoms with Crippen LogP contribution in [-0.2, 0) is 4.79 Å². The van der Waals surface area contributed by atoms with Crippen LogP contribution in [0, 0.1) is 15.5 Å². The molecule has 0 aromatic heterocycles. The molecule has 1 aliphatic rings. The first kappa shape index (κ1) is 14.8. The topological polar surface area (TPSA) is 92.5 Å². The fourth-order valence-electron chi connectivity index (χ4n) is 2.59. The number of hydrogen-bond acceptors (Lipinski definition) is 4. The van der Waals surface area contributed by atoms with Gasteiger partial charge in [-0.25, -0.2) is 0 Å². The summed E-state index contributed by atoms with van der Waals surface area (Å²) < 4.78 is 0.710. The van der Waals surface area contributed by atoms with Crippen LogP contribution >= 0.6 is 15.9 Å². The number of hydrogen-bond donors (Lipinski definition) is 2. The molecule has 1 aromatic carbocycles. The number of carboxylic acid groups (broad SMARTS) is 1. The number of carbonyl (C=O) groups is 1. The van der Waals surface area contributed by atoms with Crippen LogP contribution in [0.2, 0.25) is 0 Å². The van der Waals surface area contributed by atoms with Crippen molar-refractivity contribution in [2.75, 3.05) is 11.9 Å². The van der Waals surface area contributed by atoms with E-state index >= 15 is 0 Å². The highest BCUT2D eigenvalue weighted by molar-refractivity contribution is 9.10. The lowest BCUT2D eigenvalue weighted by Gasteiger charge is -2.24. The fraction of sp³-hybridized carbons (Fsp3) is 0.462. The Kier molecular flexibility index (Phi) is 4.27. The van der Waals surface area contributed by atoms with E-state index in [1.54, 1.807) is 12.1 Å². The quantitative estimate of drug-likeness (QED) is 0.631. The van der Waals surface area contributed by atoms with Gasteiger partial charge in [-0.3, -0.25) is 14.9 Å². The summed E-state index contributed by atoms with van der Waals surface area (Å²) in [5.41, 5.74) is -0.514. The van der Waals surface area contributed by atoms with Crippen molar-refractivity contribution in [3.8, 4) is 0 Å². The molecule has 0 atom stereocenters. The highest BCUT2D eigenvalue weighted by Gasteiger charge is 2.41. The third-order valence-electron chi connectivity index (χ3n) is 3.79. The Labute approximate surface area is 124 Å². The first-order chi connectivity index (χ1) is 9.44. The van der Waals surface area contributed by atoms with E-state index in [4.69, 9.17) is 0 Å². The SMILES string of the molecule is O=C(O)C1(CNc2cc(Br)ccc2[N+](=O)[O-])CCCC1. The molecule has 20 heavy (non-hydrogen) atoms. The Balaban J connectivity index is 2.20. The second kappa shape index (κ2) is 5.78. The van der Waals surface area contributed by atoms with Gasteiger partial charge in [-0.1, -0.05) is 28.8 Å². The molecule has 0 amide bonds. The van der Waals surface area contributed by atoms with E-state index in [1.807, 2.05) is 0 Å². The van der Waals surface area contributed by atoms with Crippen molar-refractivity contribution in [2.45, 2.75) is 25.7 Å². The van der Waals surface area contributed by atoms with Gasteiger partial charge in [0.05, 0.1) is 10.3 Å². The zero-order valence-electron chi connectivity index (χ0n) is 10.8. The zero-order valence-corrected chi connectivity index (χ0v) is 12.4. The van der Waals surface area contributed by atoms with Crippen LogP contribution in [-0.4, -0.2) is 22.5 Å². The number of aliphatic carboxylic acids is 1. The Morgan fingerprint density at radius 3 is 2.65 bits per heavy atom. The van der Waals surface area contributed by atoms with E-state index in [-0.39, 0.29) is 12.2 Å². The Bertz CT molecular complexity index is 541. The predicted octanol–water partition coefficient (Wildman–Crippen LogP) is 3.41. The average molecular weight is 343 g/mol. The molecule has 1 saturated carbocycles. The molecule has 2 rings (SSSR count). The number of benzene rings is 1. The van der Waals surface area contributed by atoms with Crippen molar-refractivity contribution in [1.82, 2.24) is 0 Å². The lowest BCUT2D eigenvalue weighted by molar-refractivity contribution is -0.384. The van der Waals surface area contributed by atoms with Gasteiger partial charge >= 0.3 is 5.97 Å². The monoisotopic (exact) mass is 342 g/mol.